The van der Waals surface area contributed by atoms with Crippen LogP contribution in [0.5, 0.6) is 0 Å². The van der Waals surface area contributed by atoms with Crippen molar-refractivity contribution in [2.75, 3.05) is 14.2 Å². The minimum Gasteiger partial charge on any atom is -0.480 e. The molecular weight excluding hydrogens is 515 g/mol. The Balaban J connectivity index is 4.77. The highest BCUT2D eigenvalue weighted by Gasteiger charge is 2.30. The number of hydrogen-bond acceptors (Lipinski definition) is 9. The highest BCUT2D eigenvalue weighted by atomic mass is 31.2. The summed E-state index contributed by atoms with van der Waals surface area (Å²) in [5.41, 5.74) is 0. The van der Waals surface area contributed by atoms with E-state index in [1.807, 2.05) is 0 Å². The maximum absolute atomic E-state index is 12.4. The Morgan fingerprint density at radius 2 is 0.784 bits per heavy atom. The van der Waals surface area contributed by atoms with Gasteiger partial charge in [0.1, 0.15) is 30.2 Å². The van der Waals surface area contributed by atoms with E-state index in [-0.39, 0.29) is 0 Å². The summed E-state index contributed by atoms with van der Waals surface area (Å²) in [6.07, 6.45) is 0. The van der Waals surface area contributed by atoms with Crippen molar-refractivity contribution in [3.8, 4) is 0 Å². The molecule has 6 atom stereocenters. The maximum Gasteiger partial charge on any atom is 0.405 e. The first-order valence-electron chi connectivity index (χ1n) is 11.2. The predicted molar refractivity (Wildman–Crippen MR) is 130 cm³/mol. The van der Waals surface area contributed by atoms with E-state index < -0.39 is 79.5 Å². The highest BCUT2D eigenvalue weighted by Crippen LogP contribution is 2.41. The van der Waals surface area contributed by atoms with Crippen LogP contribution in [0.25, 0.3) is 0 Å². The minimum absolute atomic E-state index is 0.685. The molecule has 0 saturated carbocycles. The van der Waals surface area contributed by atoms with Crippen LogP contribution in [0.15, 0.2) is 0 Å². The summed E-state index contributed by atoms with van der Waals surface area (Å²) in [6.45, 7) is 8.05. The van der Waals surface area contributed by atoms with E-state index in [9.17, 15) is 33.3 Å². The van der Waals surface area contributed by atoms with E-state index >= 15 is 0 Å². The Morgan fingerprint density at radius 1 is 0.541 bits per heavy atom. The van der Waals surface area contributed by atoms with Crippen LogP contribution in [0.3, 0.4) is 0 Å². The fourth-order valence-electron chi connectivity index (χ4n) is 2.49. The van der Waals surface area contributed by atoms with E-state index in [0.717, 1.165) is 14.2 Å². The van der Waals surface area contributed by atoms with Gasteiger partial charge in [-0.3, -0.25) is 28.8 Å². The Kier molecular flexibility index (Phi) is 14.0. The summed E-state index contributed by atoms with van der Waals surface area (Å²) in [6, 6.07) is -6.55. The van der Waals surface area contributed by atoms with Crippen LogP contribution < -0.4 is 31.7 Å². The Hall–Kier alpha value is -3.07. The van der Waals surface area contributed by atoms with Crippen molar-refractivity contribution in [3.63, 3.8) is 0 Å². The maximum atomic E-state index is 12.4. The number of hydrogen-bond donors (Lipinski definition) is 7. The first kappa shape index (κ1) is 33.9. The zero-order chi connectivity index (χ0) is 29.1. The Labute approximate surface area is 214 Å². The summed E-state index contributed by atoms with van der Waals surface area (Å²) >= 11 is 0. The molecule has 17 heteroatoms. The van der Waals surface area contributed by atoms with Crippen LogP contribution in [0.1, 0.15) is 41.5 Å². The van der Waals surface area contributed by atoms with Gasteiger partial charge in [-0.15, -0.1) is 0 Å². The summed E-state index contributed by atoms with van der Waals surface area (Å²) in [5.74, 6) is -4.80. The molecule has 0 unspecified atom stereocenters. The molecule has 0 bridgehead atoms. The second kappa shape index (κ2) is 15.2. The van der Waals surface area contributed by atoms with Crippen molar-refractivity contribution in [3.05, 3.63) is 0 Å². The summed E-state index contributed by atoms with van der Waals surface area (Å²) in [5, 5.41) is 22.9. The van der Waals surface area contributed by atoms with E-state index in [1.165, 1.54) is 41.5 Å². The molecule has 0 radical (unpaired) electrons. The van der Waals surface area contributed by atoms with Gasteiger partial charge in [-0.05, 0) is 41.5 Å². The molecule has 0 spiro atoms. The number of nitrogens with one attached hydrogen (secondary N) is 6. The summed E-state index contributed by atoms with van der Waals surface area (Å²) in [4.78, 5) is 72.1. The normalized spacial score (nSPS) is 16.1. The predicted octanol–water partition coefficient (Wildman–Crippen LogP) is -2.03. The third kappa shape index (κ3) is 11.7. The monoisotopic (exact) mass is 552 g/mol. The lowest BCUT2D eigenvalue weighted by molar-refractivity contribution is -0.141. The van der Waals surface area contributed by atoms with Crippen molar-refractivity contribution in [1.29, 1.82) is 0 Å². The molecule has 0 rings (SSSR count). The number of carbonyl (C=O) groups excluding carboxylic acids is 5. The molecule has 37 heavy (non-hydrogen) atoms. The van der Waals surface area contributed by atoms with E-state index in [4.69, 9.17) is 14.2 Å². The number of amides is 5. The molecule has 16 nitrogen and oxygen atoms in total. The zero-order valence-corrected chi connectivity index (χ0v) is 22.9. The van der Waals surface area contributed by atoms with Gasteiger partial charge in [0.2, 0.25) is 29.5 Å². The second-order valence-electron chi connectivity index (χ2n) is 8.20. The van der Waals surface area contributed by atoms with Crippen molar-refractivity contribution in [1.82, 2.24) is 31.7 Å². The lowest BCUT2D eigenvalue weighted by Gasteiger charge is -2.23. The smallest absolute Gasteiger partial charge is 0.405 e. The fraction of sp³-hybridized carbons (Fsp3) is 0.700. The van der Waals surface area contributed by atoms with Crippen LogP contribution in [-0.4, -0.2) is 91.1 Å². The molecule has 0 aliphatic heterocycles. The fourth-order valence-corrected chi connectivity index (χ4v) is 3.44. The standard InChI is InChI=1S/C20H37N6O10P/c1-9(22-17(29)11(3)24-19(31)13(5)26-37(34,35-7)36-8)15(27)21-10(2)16(28)23-12(4)18(30)25-14(6)20(32)33/h9-14H,1-8H3,(H,21,27)(H,22,29)(H,23,28)(H,24,31)(H,25,30)(H,26,34)(H,32,33)/t9-,10-,11-,12-,13-,14-/m0/s1. The molecule has 0 aliphatic rings. The summed E-state index contributed by atoms with van der Waals surface area (Å²) in [7, 11) is -1.42. The van der Waals surface area contributed by atoms with Crippen LogP contribution in [0, 0.1) is 0 Å². The third-order valence-corrected chi connectivity index (χ3v) is 6.63. The number of carboxylic acids is 1. The molecule has 0 saturated heterocycles. The quantitative estimate of drug-likeness (QED) is 0.110. The molecule has 212 valence electrons. The van der Waals surface area contributed by atoms with Crippen molar-refractivity contribution < 1.29 is 47.5 Å². The van der Waals surface area contributed by atoms with Gasteiger partial charge in [-0.2, -0.15) is 0 Å². The Morgan fingerprint density at radius 3 is 1.03 bits per heavy atom. The number of carbonyl (C=O) groups is 6. The van der Waals surface area contributed by atoms with E-state index in [1.54, 1.807) is 0 Å². The van der Waals surface area contributed by atoms with E-state index in [2.05, 4.69) is 31.7 Å². The first-order valence-corrected chi connectivity index (χ1v) is 12.8. The van der Waals surface area contributed by atoms with Crippen molar-refractivity contribution >= 4 is 43.3 Å². The van der Waals surface area contributed by atoms with Gasteiger partial charge < -0.3 is 40.7 Å². The number of aliphatic carboxylic acids is 1. The molecule has 7 N–H and O–H groups in total. The SMILES string of the molecule is COP(=O)(N[C@@H](C)C(=O)N[C@@H](C)C(=O)N[C@@H](C)C(=O)N[C@@H](C)C(=O)N[C@@H](C)C(=O)N[C@@H](C)C(=O)O)OC. The largest absolute Gasteiger partial charge is 0.480 e. The molecular formula is C20H37N6O10P. The van der Waals surface area contributed by atoms with Gasteiger partial charge >= 0.3 is 13.7 Å². The van der Waals surface area contributed by atoms with Crippen LogP contribution in [-0.2, 0) is 42.4 Å². The molecule has 0 fully saturated rings. The van der Waals surface area contributed by atoms with Crippen LogP contribution >= 0.6 is 7.75 Å². The molecule has 0 aromatic heterocycles. The van der Waals surface area contributed by atoms with E-state index in [0.29, 0.717) is 0 Å². The van der Waals surface area contributed by atoms with Crippen LogP contribution in [0.2, 0.25) is 0 Å². The van der Waals surface area contributed by atoms with Crippen molar-refractivity contribution in [2.24, 2.45) is 0 Å². The van der Waals surface area contributed by atoms with Gasteiger partial charge in [0.15, 0.2) is 0 Å². The zero-order valence-electron chi connectivity index (χ0n) is 22.0. The van der Waals surface area contributed by atoms with Gasteiger partial charge in [0.05, 0.1) is 6.04 Å². The average molecular weight is 553 g/mol. The lowest BCUT2D eigenvalue weighted by atomic mass is 10.2. The van der Waals surface area contributed by atoms with Gasteiger partial charge in [-0.25, -0.2) is 9.65 Å². The number of rotatable bonds is 15. The summed E-state index contributed by atoms with van der Waals surface area (Å²) < 4.78 is 21.5. The molecule has 0 aromatic rings. The molecule has 5 amide bonds. The lowest BCUT2D eigenvalue weighted by Crippen LogP contribution is -2.57. The van der Waals surface area contributed by atoms with Gasteiger partial charge in [0, 0.05) is 14.2 Å². The minimum atomic E-state index is -3.68. The third-order valence-electron chi connectivity index (χ3n) is 4.96. The molecule has 0 heterocycles. The van der Waals surface area contributed by atoms with Crippen LogP contribution in [0.4, 0.5) is 0 Å². The first-order chi connectivity index (χ1) is 17.0. The number of carboxylic acid groups (broad SMARTS) is 1. The molecule has 0 aromatic carbocycles. The average Bonchev–Trinajstić information content (AvgIpc) is 2.82. The van der Waals surface area contributed by atoms with Gasteiger partial charge in [-0.1, -0.05) is 0 Å². The Bertz CT molecular complexity index is 908. The topological polar surface area (TPSA) is 230 Å². The molecule has 0 aliphatic carbocycles. The van der Waals surface area contributed by atoms with Crippen molar-refractivity contribution in [2.45, 2.75) is 77.8 Å². The second-order valence-corrected chi connectivity index (χ2v) is 10.2. The van der Waals surface area contributed by atoms with Gasteiger partial charge in [0.25, 0.3) is 0 Å². The highest BCUT2D eigenvalue weighted by molar-refractivity contribution is 7.51.